The highest BCUT2D eigenvalue weighted by molar-refractivity contribution is 7.11. The van der Waals surface area contributed by atoms with Crippen molar-refractivity contribution >= 4 is 42.1 Å². The number of halogens is 2. The summed E-state index contributed by atoms with van der Waals surface area (Å²) < 4.78 is 0. The monoisotopic (exact) mass is 369 g/mol. The largest absolute Gasteiger partial charge is 0.391 e. The van der Waals surface area contributed by atoms with E-state index in [0.717, 1.165) is 23.5 Å². The van der Waals surface area contributed by atoms with Gasteiger partial charge in [-0.25, -0.2) is 4.98 Å². The number of aromatic nitrogens is 1. The number of thiazole rings is 1. The van der Waals surface area contributed by atoms with E-state index in [1.165, 1.54) is 4.88 Å². The van der Waals surface area contributed by atoms with Crippen LogP contribution in [0.4, 0.5) is 0 Å². The van der Waals surface area contributed by atoms with E-state index in [-0.39, 0.29) is 42.7 Å². The minimum atomic E-state index is -0.535. The predicted molar refractivity (Wildman–Crippen MR) is 94.1 cm³/mol. The van der Waals surface area contributed by atoms with E-state index in [1.807, 2.05) is 6.92 Å². The Morgan fingerprint density at radius 2 is 2.09 bits per heavy atom. The Bertz CT molecular complexity index is 455. The minimum Gasteiger partial charge on any atom is -0.391 e. The van der Waals surface area contributed by atoms with Crippen molar-refractivity contribution in [2.75, 3.05) is 6.54 Å². The normalized spacial score (nSPS) is 23.5. The molecule has 0 aromatic carbocycles. The summed E-state index contributed by atoms with van der Waals surface area (Å²) in [5.41, 5.74) is 6.82. The van der Waals surface area contributed by atoms with Crippen molar-refractivity contribution in [3.63, 3.8) is 0 Å². The van der Waals surface area contributed by atoms with Gasteiger partial charge in [-0.15, -0.1) is 36.2 Å². The van der Waals surface area contributed by atoms with Gasteiger partial charge in [0.1, 0.15) is 0 Å². The van der Waals surface area contributed by atoms with Crippen LogP contribution in [-0.2, 0) is 11.2 Å². The number of nitrogens with one attached hydrogen (secondary N) is 1. The number of nitrogens with two attached hydrogens (primary N) is 1. The first-order valence-electron chi connectivity index (χ1n) is 7.11. The number of nitrogens with zero attached hydrogens (tertiary/aromatic N) is 1. The minimum absolute atomic E-state index is 0. The third kappa shape index (κ3) is 5.66. The van der Waals surface area contributed by atoms with Gasteiger partial charge in [-0.3, -0.25) is 4.79 Å². The molecule has 0 radical (unpaired) electrons. The number of hydrogen-bond donors (Lipinski definition) is 3. The molecule has 0 bridgehead atoms. The Balaban J connectivity index is 0.00000220. The number of amides is 1. The average molecular weight is 370 g/mol. The summed E-state index contributed by atoms with van der Waals surface area (Å²) in [6.07, 6.45) is 2.31. The van der Waals surface area contributed by atoms with Crippen molar-refractivity contribution in [1.29, 1.82) is 0 Å². The molecule has 0 unspecified atom stereocenters. The van der Waals surface area contributed by atoms with Gasteiger partial charge in [0, 0.05) is 29.8 Å². The second-order valence-electron chi connectivity index (χ2n) is 5.54. The maximum Gasteiger partial charge on any atom is 0.223 e. The van der Waals surface area contributed by atoms with Crippen LogP contribution in [0.5, 0.6) is 0 Å². The molecule has 0 spiro atoms. The number of aryl methyl sites for hydroxylation is 3. The van der Waals surface area contributed by atoms with Gasteiger partial charge in [0.25, 0.3) is 0 Å². The van der Waals surface area contributed by atoms with E-state index in [2.05, 4.69) is 17.2 Å². The molecule has 1 aromatic rings. The van der Waals surface area contributed by atoms with Gasteiger partial charge in [-0.1, -0.05) is 0 Å². The number of rotatable bonds is 5. The molecule has 1 aliphatic carbocycles. The first-order valence-corrected chi connectivity index (χ1v) is 7.93. The summed E-state index contributed by atoms with van der Waals surface area (Å²) in [7, 11) is 0. The molecule has 0 aliphatic heterocycles. The molecule has 3 atom stereocenters. The second kappa shape index (κ2) is 9.67. The van der Waals surface area contributed by atoms with Crippen LogP contribution in [0.1, 0.15) is 34.8 Å². The van der Waals surface area contributed by atoms with Crippen LogP contribution in [0, 0.1) is 19.8 Å². The average Bonchev–Trinajstić information content (AvgIpc) is 2.89. The van der Waals surface area contributed by atoms with E-state index in [0.29, 0.717) is 19.4 Å². The molecule has 1 aromatic heterocycles. The number of hydrogen-bond acceptors (Lipinski definition) is 5. The molecule has 4 N–H and O–H groups in total. The lowest BCUT2D eigenvalue weighted by atomic mass is 10.1. The van der Waals surface area contributed by atoms with Crippen LogP contribution in [0.2, 0.25) is 0 Å². The third-order valence-corrected chi connectivity index (χ3v) is 5.02. The Kier molecular flexibility index (Phi) is 9.50. The van der Waals surface area contributed by atoms with E-state index in [4.69, 9.17) is 5.73 Å². The molecular formula is C14H25Cl2N3O2S. The van der Waals surface area contributed by atoms with E-state index in [1.54, 1.807) is 11.3 Å². The molecule has 2 rings (SSSR count). The molecule has 1 fully saturated rings. The Hall–Kier alpha value is -0.400. The molecule has 1 amide bonds. The number of aliphatic hydroxyl groups is 1. The molecule has 1 heterocycles. The lowest BCUT2D eigenvalue weighted by molar-refractivity contribution is -0.125. The van der Waals surface area contributed by atoms with Gasteiger partial charge in [0.05, 0.1) is 16.8 Å². The maximum atomic E-state index is 11.9. The van der Waals surface area contributed by atoms with Gasteiger partial charge >= 0.3 is 0 Å². The number of aliphatic hydroxyl groups excluding tert-OH is 1. The highest BCUT2D eigenvalue weighted by Crippen LogP contribution is 2.24. The highest BCUT2D eigenvalue weighted by atomic mass is 35.5. The maximum absolute atomic E-state index is 11.9. The van der Waals surface area contributed by atoms with E-state index < -0.39 is 6.10 Å². The molecule has 0 saturated heterocycles. The standard InChI is InChI=1S/C14H23N3O2S.2ClH/c1-8-9(2)20-13(17-8)4-3-5-16-14(19)10-6-11(15)12(18)7-10;;/h10-12,18H,3-7,15H2,1-2H3,(H,16,19);2*1H/t10-,11-,12-;;/m0../s1. The second-order valence-corrected chi connectivity index (χ2v) is 6.83. The van der Waals surface area contributed by atoms with Crippen LogP contribution >= 0.6 is 36.2 Å². The van der Waals surface area contributed by atoms with Crippen molar-refractivity contribution in [2.24, 2.45) is 11.7 Å². The van der Waals surface area contributed by atoms with Gasteiger partial charge in [0.15, 0.2) is 0 Å². The van der Waals surface area contributed by atoms with Gasteiger partial charge < -0.3 is 16.2 Å². The van der Waals surface area contributed by atoms with Crippen molar-refractivity contribution < 1.29 is 9.90 Å². The van der Waals surface area contributed by atoms with Gasteiger partial charge in [-0.05, 0) is 33.1 Å². The molecule has 8 heteroatoms. The Morgan fingerprint density at radius 1 is 1.41 bits per heavy atom. The van der Waals surface area contributed by atoms with Crippen LogP contribution in [0.3, 0.4) is 0 Å². The molecular weight excluding hydrogens is 345 g/mol. The van der Waals surface area contributed by atoms with Crippen LogP contribution in [0.25, 0.3) is 0 Å². The summed E-state index contributed by atoms with van der Waals surface area (Å²) in [5.74, 6) is -0.118. The van der Waals surface area contributed by atoms with Gasteiger partial charge in [0.2, 0.25) is 5.91 Å². The lowest BCUT2D eigenvalue weighted by Crippen LogP contribution is -2.31. The Morgan fingerprint density at radius 3 is 2.59 bits per heavy atom. The highest BCUT2D eigenvalue weighted by Gasteiger charge is 2.34. The first kappa shape index (κ1) is 21.6. The zero-order valence-corrected chi connectivity index (χ0v) is 15.3. The SMILES string of the molecule is Cc1nc(CCCNC(=O)[C@H]2C[C@H](N)[C@@H](O)C2)sc1C.Cl.Cl. The Labute approximate surface area is 147 Å². The third-order valence-electron chi connectivity index (χ3n) is 3.89. The quantitative estimate of drug-likeness (QED) is 0.689. The summed E-state index contributed by atoms with van der Waals surface area (Å²) >= 11 is 1.73. The van der Waals surface area contributed by atoms with Crippen molar-refractivity contribution in [3.8, 4) is 0 Å². The fourth-order valence-electron chi connectivity index (χ4n) is 2.50. The summed E-state index contributed by atoms with van der Waals surface area (Å²) in [5, 5.41) is 13.6. The van der Waals surface area contributed by atoms with Crippen LogP contribution in [-0.4, -0.2) is 34.7 Å². The molecule has 5 nitrogen and oxygen atoms in total. The van der Waals surface area contributed by atoms with E-state index in [9.17, 15) is 9.90 Å². The van der Waals surface area contributed by atoms with E-state index >= 15 is 0 Å². The lowest BCUT2D eigenvalue weighted by Gasteiger charge is -2.09. The number of carbonyl (C=O) groups excluding carboxylic acids is 1. The van der Waals surface area contributed by atoms with Crippen molar-refractivity contribution in [2.45, 2.75) is 51.7 Å². The molecule has 128 valence electrons. The summed E-state index contributed by atoms with van der Waals surface area (Å²) in [4.78, 5) is 17.7. The number of carbonyl (C=O) groups is 1. The van der Waals surface area contributed by atoms with Crippen molar-refractivity contribution in [3.05, 3.63) is 15.6 Å². The summed E-state index contributed by atoms with van der Waals surface area (Å²) in [6, 6.07) is -0.257. The predicted octanol–water partition coefficient (Wildman–Crippen LogP) is 1.75. The first-order chi connectivity index (χ1) is 9.47. The van der Waals surface area contributed by atoms with Crippen LogP contribution in [0.15, 0.2) is 0 Å². The smallest absolute Gasteiger partial charge is 0.223 e. The zero-order chi connectivity index (χ0) is 14.7. The summed E-state index contributed by atoms with van der Waals surface area (Å²) in [6.45, 7) is 4.75. The fraction of sp³-hybridized carbons (Fsp3) is 0.714. The molecule has 1 aliphatic rings. The van der Waals surface area contributed by atoms with Crippen molar-refractivity contribution in [1.82, 2.24) is 10.3 Å². The molecule has 1 saturated carbocycles. The van der Waals surface area contributed by atoms with Crippen LogP contribution < -0.4 is 11.1 Å². The topological polar surface area (TPSA) is 88.2 Å². The van der Waals surface area contributed by atoms with Gasteiger partial charge in [-0.2, -0.15) is 0 Å². The zero-order valence-electron chi connectivity index (χ0n) is 12.9. The fourth-order valence-corrected chi connectivity index (χ4v) is 3.48. The molecule has 22 heavy (non-hydrogen) atoms.